The van der Waals surface area contributed by atoms with Gasteiger partial charge in [0.1, 0.15) is 11.0 Å². The molecule has 1 fully saturated rings. The third kappa shape index (κ3) is 3.15. The van der Waals surface area contributed by atoms with Crippen molar-refractivity contribution >= 4 is 10.0 Å². The summed E-state index contributed by atoms with van der Waals surface area (Å²) in [5.41, 5.74) is -0.0701. The van der Waals surface area contributed by atoms with Crippen LogP contribution in [0.3, 0.4) is 0 Å². The van der Waals surface area contributed by atoms with Crippen LogP contribution >= 0.6 is 0 Å². The molecule has 6 nitrogen and oxygen atoms in total. The number of aromatic nitrogens is 1. The van der Waals surface area contributed by atoms with Gasteiger partial charge in [-0.2, -0.15) is 5.26 Å². The first kappa shape index (κ1) is 14.9. The lowest BCUT2D eigenvalue weighted by atomic mass is 10.0. The Morgan fingerprint density at radius 1 is 1.60 bits per heavy atom. The maximum absolute atomic E-state index is 12.5. The molecule has 20 heavy (non-hydrogen) atoms. The zero-order chi connectivity index (χ0) is 14.6. The molecule has 0 spiro atoms. The van der Waals surface area contributed by atoms with Crippen LogP contribution in [0, 0.1) is 17.2 Å². The van der Waals surface area contributed by atoms with Crippen LogP contribution in [0.2, 0.25) is 0 Å². The Labute approximate surface area is 119 Å². The van der Waals surface area contributed by atoms with E-state index in [1.807, 2.05) is 6.07 Å². The maximum atomic E-state index is 12.5. The molecule has 2 heterocycles. The van der Waals surface area contributed by atoms with Crippen LogP contribution in [-0.4, -0.2) is 44.5 Å². The molecular formula is C13H17N3O3S. The number of nitriles is 1. The van der Waals surface area contributed by atoms with Crippen molar-refractivity contribution in [1.82, 2.24) is 9.29 Å². The third-order valence-electron chi connectivity index (χ3n) is 3.33. The van der Waals surface area contributed by atoms with E-state index in [-0.39, 0.29) is 16.5 Å². The van der Waals surface area contributed by atoms with E-state index >= 15 is 0 Å². The molecule has 108 valence electrons. The molecule has 1 aromatic rings. The van der Waals surface area contributed by atoms with Gasteiger partial charge in [-0.25, -0.2) is 17.7 Å². The highest BCUT2D eigenvalue weighted by atomic mass is 32.2. The van der Waals surface area contributed by atoms with E-state index in [0.29, 0.717) is 13.2 Å². The van der Waals surface area contributed by atoms with Crippen molar-refractivity contribution in [2.75, 3.05) is 26.8 Å². The fraction of sp³-hybridized carbons (Fsp3) is 0.538. The Morgan fingerprint density at radius 2 is 2.40 bits per heavy atom. The molecule has 1 aromatic heterocycles. The summed E-state index contributed by atoms with van der Waals surface area (Å²) in [5, 5.41) is 8.97. The molecule has 0 aliphatic carbocycles. The number of hydrogen-bond donors (Lipinski definition) is 0. The molecular weight excluding hydrogens is 278 g/mol. The minimum absolute atomic E-state index is 0.0401. The molecule has 1 unspecified atom stereocenters. The maximum Gasteiger partial charge on any atom is 0.245 e. The van der Waals surface area contributed by atoms with Crippen LogP contribution in [0.4, 0.5) is 0 Å². The second-order valence-corrected chi connectivity index (χ2v) is 6.84. The quantitative estimate of drug-likeness (QED) is 0.827. The fourth-order valence-electron chi connectivity index (χ4n) is 2.26. The van der Waals surface area contributed by atoms with Crippen LogP contribution in [0.1, 0.15) is 18.5 Å². The summed E-state index contributed by atoms with van der Waals surface area (Å²) in [5.74, 6) is 0.200. The number of nitrogens with zero attached hydrogens (tertiary/aromatic N) is 3. The van der Waals surface area contributed by atoms with E-state index in [1.165, 1.54) is 29.7 Å². The molecule has 7 heteroatoms. The van der Waals surface area contributed by atoms with Gasteiger partial charge in [0.25, 0.3) is 0 Å². The summed E-state index contributed by atoms with van der Waals surface area (Å²) in [6.07, 6.45) is 3.32. The van der Waals surface area contributed by atoms with Gasteiger partial charge < -0.3 is 4.74 Å². The zero-order valence-corrected chi connectivity index (χ0v) is 12.1. The van der Waals surface area contributed by atoms with Crippen molar-refractivity contribution in [3.05, 3.63) is 24.0 Å². The lowest BCUT2D eigenvalue weighted by Gasteiger charge is -2.26. The van der Waals surface area contributed by atoms with E-state index in [0.717, 1.165) is 19.4 Å². The number of rotatable bonds is 4. The molecule has 0 saturated carbocycles. The van der Waals surface area contributed by atoms with Gasteiger partial charge in [-0.3, -0.25) is 0 Å². The van der Waals surface area contributed by atoms with Crippen LogP contribution < -0.4 is 0 Å². The first-order valence-corrected chi connectivity index (χ1v) is 7.89. The van der Waals surface area contributed by atoms with Gasteiger partial charge in [-0.05, 0) is 30.9 Å². The molecule has 0 N–H and O–H groups in total. The third-order valence-corrected chi connectivity index (χ3v) is 5.19. The highest BCUT2D eigenvalue weighted by Gasteiger charge is 2.27. The van der Waals surface area contributed by atoms with E-state index in [1.54, 1.807) is 0 Å². The molecule has 2 rings (SSSR count). The Kier molecular flexibility index (Phi) is 4.70. The lowest BCUT2D eigenvalue weighted by Crippen LogP contribution is -2.35. The van der Waals surface area contributed by atoms with Gasteiger partial charge in [0, 0.05) is 26.4 Å². The molecule has 1 atom stereocenters. The summed E-state index contributed by atoms with van der Waals surface area (Å²) in [7, 11) is -2.16. The molecule has 0 radical (unpaired) electrons. The van der Waals surface area contributed by atoms with Gasteiger partial charge in [-0.15, -0.1) is 0 Å². The van der Waals surface area contributed by atoms with E-state index in [4.69, 9.17) is 10.00 Å². The molecule has 1 aliphatic heterocycles. The van der Waals surface area contributed by atoms with Crippen LogP contribution in [0.25, 0.3) is 0 Å². The summed E-state index contributed by atoms with van der Waals surface area (Å²) in [6.45, 7) is 1.72. The van der Waals surface area contributed by atoms with Gasteiger partial charge >= 0.3 is 0 Å². The first-order chi connectivity index (χ1) is 9.55. The fourth-order valence-corrected chi connectivity index (χ4v) is 3.60. The Bertz CT molecular complexity index is 604. The summed E-state index contributed by atoms with van der Waals surface area (Å²) >= 11 is 0. The van der Waals surface area contributed by atoms with Crippen molar-refractivity contribution in [3.63, 3.8) is 0 Å². The minimum atomic E-state index is -3.69. The SMILES string of the molecule is CN(CC1CCCOC1)S(=O)(=O)c1cccnc1C#N. The molecule has 0 bridgehead atoms. The summed E-state index contributed by atoms with van der Waals surface area (Å²) in [6, 6.07) is 4.75. The van der Waals surface area contributed by atoms with E-state index in [9.17, 15) is 8.42 Å². The van der Waals surface area contributed by atoms with Crippen molar-refractivity contribution < 1.29 is 13.2 Å². The van der Waals surface area contributed by atoms with Crippen LogP contribution in [-0.2, 0) is 14.8 Å². The number of pyridine rings is 1. The molecule has 0 aromatic carbocycles. The molecule has 1 aliphatic rings. The molecule has 1 saturated heterocycles. The largest absolute Gasteiger partial charge is 0.381 e. The van der Waals surface area contributed by atoms with Gasteiger partial charge in [0.2, 0.25) is 10.0 Å². The second kappa shape index (κ2) is 6.31. The van der Waals surface area contributed by atoms with Crippen molar-refractivity contribution in [1.29, 1.82) is 5.26 Å². The highest BCUT2D eigenvalue weighted by molar-refractivity contribution is 7.89. The highest BCUT2D eigenvalue weighted by Crippen LogP contribution is 2.21. The van der Waals surface area contributed by atoms with Gasteiger partial charge in [0.15, 0.2) is 5.69 Å². The van der Waals surface area contributed by atoms with Crippen molar-refractivity contribution in [2.24, 2.45) is 5.92 Å². The monoisotopic (exact) mass is 295 g/mol. The lowest BCUT2D eigenvalue weighted by molar-refractivity contribution is 0.0495. The average Bonchev–Trinajstić information content (AvgIpc) is 2.48. The smallest absolute Gasteiger partial charge is 0.245 e. The van der Waals surface area contributed by atoms with E-state index < -0.39 is 10.0 Å². The Hall–Kier alpha value is -1.49. The van der Waals surface area contributed by atoms with E-state index in [2.05, 4.69) is 4.98 Å². The van der Waals surface area contributed by atoms with Crippen LogP contribution in [0.5, 0.6) is 0 Å². The van der Waals surface area contributed by atoms with Gasteiger partial charge in [-0.1, -0.05) is 0 Å². The number of hydrogen-bond acceptors (Lipinski definition) is 5. The number of sulfonamides is 1. The average molecular weight is 295 g/mol. The number of ether oxygens (including phenoxy) is 1. The van der Waals surface area contributed by atoms with Crippen molar-refractivity contribution in [3.8, 4) is 6.07 Å². The second-order valence-electron chi connectivity index (χ2n) is 4.83. The normalized spacial score (nSPS) is 19.8. The van der Waals surface area contributed by atoms with Crippen molar-refractivity contribution in [2.45, 2.75) is 17.7 Å². The first-order valence-electron chi connectivity index (χ1n) is 6.45. The standard InChI is InChI=1S/C13H17N3O3S/c1-16(9-11-4-3-7-19-10-11)20(17,18)13-5-2-6-15-12(13)8-14/h2,5-6,11H,3-4,7,9-10H2,1H3. The Balaban J connectivity index is 2.19. The topological polar surface area (TPSA) is 83.3 Å². The molecule has 0 amide bonds. The Morgan fingerprint density at radius 3 is 3.05 bits per heavy atom. The summed E-state index contributed by atoms with van der Waals surface area (Å²) in [4.78, 5) is 3.76. The predicted octanol–water partition coefficient (Wildman–Crippen LogP) is 1.00. The summed E-state index contributed by atoms with van der Waals surface area (Å²) < 4.78 is 31.6. The minimum Gasteiger partial charge on any atom is -0.381 e. The van der Waals surface area contributed by atoms with Crippen LogP contribution in [0.15, 0.2) is 23.2 Å². The van der Waals surface area contributed by atoms with Gasteiger partial charge in [0.05, 0.1) is 6.61 Å². The zero-order valence-electron chi connectivity index (χ0n) is 11.3. The predicted molar refractivity (Wildman–Crippen MR) is 72.3 cm³/mol.